The highest BCUT2D eigenvalue weighted by molar-refractivity contribution is 7.92. The second kappa shape index (κ2) is 6.98. The summed E-state index contributed by atoms with van der Waals surface area (Å²) in [6.45, 7) is 4.45. The van der Waals surface area contributed by atoms with Gasteiger partial charge < -0.3 is 15.0 Å². The third kappa shape index (κ3) is 3.49. The van der Waals surface area contributed by atoms with Gasteiger partial charge in [0.2, 0.25) is 10.0 Å². The van der Waals surface area contributed by atoms with Gasteiger partial charge in [-0.05, 0) is 43.5 Å². The lowest BCUT2D eigenvalue weighted by molar-refractivity contribution is 0.0564. The molecule has 0 aliphatic carbocycles. The van der Waals surface area contributed by atoms with Crippen molar-refractivity contribution in [3.05, 3.63) is 23.8 Å². The first kappa shape index (κ1) is 17.0. The van der Waals surface area contributed by atoms with Gasteiger partial charge in [-0.25, -0.2) is 13.2 Å². The Balaban J connectivity index is 1.77. The number of sulfonamides is 1. The van der Waals surface area contributed by atoms with Crippen LogP contribution in [0.1, 0.15) is 18.9 Å². The first-order valence-corrected chi connectivity index (χ1v) is 9.89. The first-order chi connectivity index (χ1) is 11.5. The average molecular weight is 353 g/mol. The molecule has 1 N–H and O–H groups in total. The normalized spacial score (nSPS) is 18.2. The lowest BCUT2D eigenvalue weighted by atomic mass is 10.0. The molecule has 0 radical (unpaired) electrons. The molecule has 0 bridgehead atoms. The number of morpholine rings is 1. The number of aryl methyl sites for hydroxylation is 1. The van der Waals surface area contributed by atoms with E-state index < -0.39 is 10.0 Å². The predicted octanol–water partition coefficient (Wildman–Crippen LogP) is 1.65. The lowest BCUT2D eigenvalue weighted by Crippen LogP contribution is -2.43. The van der Waals surface area contributed by atoms with E-state index in [9.17, 15) is 13.2 Å². The number of benzene rings is 1. The average Bonchev–Trinajstić information content (AvgIpc) is 2.61. The van der Waals surface area contributed by atoms with Crippen molar-refractivity contribution >= 4 is 27.4 Å². The van der Waals surface area contributed by atoms with E-state index in [4.69, 9.17) is 4.74 Å². The molecule has 2 heterocycles. The summed E-state index contributed by atoms with van der Waals surface area (Å²) in [6.07, 6.45) is 1.60. The van der Waals surface area contributed by atoms with Gasteiger partial charge in [-0.1, -0.05) is 0 Å². The van der Waals surface area contributed by atoms with Crippen LogP contribution in [0.25, 0.3) is 0 Å². The van der Waals surface area contributed by atoms with Crippen molar-refractivity contribution in [1.82, 2.24) is 4.90 Å². The van der Waals surface area contributed by atoms with Crippen LogP contribution in [0.4, 0.5) is 16.2 Å². The number of anilines is 2. The maximum atomic E-state index is 12.3. The Morgan fingerprint density at radius 2 is 2.00 bits per heavy atom. The molecule has 24 heavy (non-hydrogen) atoms. The quantitative estimate of drug-likeness (QED) is 0.896. The molecule has 0 spiro atoms. The SMILES string of the molecule is CCS(=O)(=O)N1CCCc2cc(NC(=O)N3CCOCC3)ccc21. The van der Waals surface area contributed by atoms with E-state index in [1.807, 2.05) is 6.07 Å². The number of hydrogen-bond acceptors (Lipinski definition) is 4. The molecule has 2 aliphatic rings. The van der Waals surface area contributed by atoms with Crippen molar-refractivity contribution < 1.29 is 17.9 Å². The molecule has 2 aliphatic heterocycles. The predicted molar refractivity (Wildman–Crippen MR) is 93.0 cm³/mol. The number of ether oxygens (including phenoxy) is 1. The Morgan fingerprint density at radius 3 is 2.71 bits per heavy atom. The van der Waals surface area contributed by atoms with Gasteiger partial charge in [0.05, 0.1) is 24.7 Å². The zero-order chi connectivity index (χ0) is 17.2. The largest absolute Gasteiger partial charge is 0.378 e. The molecule has 2 amide bonds. The van der Waals surface area contributed by atoms with Gasteiger partial charge in [0.25, 0.3) is 0 Å². The molecular formula is C16H23N3O4S. The monoisotopic (exact) mass is 353 g/mol. The van der Waals surface area contributed by atoms with E-state index in [0.717, 1.165) is 24.1 Å². The van der Waals surface area contributed by atoms with Crippen molar-refractivity contribution in [2.24, 2.45) is 0 Å². The number of nitrogens with one attached hydrogen (secondary N) is 1. The lowest BCUT2D eigenvalue weighted by Gasteiger charge is -2.31. The van der Waals surface area contributed by atoms with E-state index in [1.165, 1.54) is 4.31 Å². The number of rotatable bonds is 3. The zero-order valence-corrected chi connectivity index (χ0v) is 14.6. The minimum Gasteiger partial charge on any atom is -0.378 e. The Bertz CT molecular complexity index is 714. The van der Waals surface area contributed by atoms with Crippen LogP contribution in [-0.4, -0.2) is 57.9 Å². The summed E-state index contributed by atoms with van der Waals surface area (Å²) in [7, 11) is -3.26. The molecule has 1 saturated heterocycles. The van der Waals surface area contributed by atoms with Crippen molar-refractivity contribution in [3.8, 4) is 0 Å². The topological polar surface area (TPSA) is 79.0 Å². The van der Waals surface area contributed by atoms with E-state index in [2.05, 4.69) is 5.32 Å². The van der Waals surface area contributed by atoms with Crippen LogP contribution in [0.15, 0.2) is 18.2 Å². The maximum Gasteiger partial charge on any atom is 0.321 e. The molecule has 0 saturated carbocycles. The fraction of sp³-hybridized carbons (Fsp3) is 0.562. The van der Waals surface area contributed by atoms with Crippen molar-refractivity contribution in [2.75, 3.05) is 48.2 Å². The number of hydrogen-bond donors (Lipinski definition) is 1. The van der Waals surface area contributed by atoms with Crippen LogP contribution in [0.2, 0.25) is 0 Å². The third-order valence-corrected chi connectivity index (χ3v) is 6.19. The minimum absolute atomic E-state index is 0.0853. The maximum absolute atomic E-state index is 12.3. The molecular weight excluding hydrogens is 330 g/mol. The molecule has 3 rings (SSSR count). The van der Waals surface area contributed by atoms with Gasteiger partial charge in [0, 0.05) is 25.3 Å². The summed E-state index contributed by atoms with van der Waals surface area (Å²) < 4.78 is 31.2. The third-order valence-electron chi connectivity index (χ3n) is 4.41. The van der Waals surface area contributed by atoms with Crippen LogP contribution in [0.3, 0.4) is 0 Å². The van der Waals surface area contributed by atoms with Crippen molar-refractivity contribution in [2.45, 2.75) is 19.8 Å². The van der Waals surface area contributed by atoms with Crippen molar-refractivity contribution in [3.63, 3.8) is 0 Å². The minimum atomic E-state index is -3.26. The Hall–Kier alpha value is -1.80. The van der Waals surface area contributed by atoms with Crippen LogP contribution in [0, 0.1) is 0 Å². The number of fused-ring (bicyclic) bond motifs is 1. The fourth-order valence-electron chi connectivity index (χ4n) is 3.05. The summed E-state index contributed by atoms with van der Waals surface area (Å²) >= 11 is 0. The fourth-order valence-corrected chi connectivity index (χ4v) is 4.25. The number of carbonyl (C=O) groups excluding carboxylic acids is 1. The molecule has 7 nitrogen and oxygen atoms in total. The summed E-state index contributed by atoms with van der Waals surface area (Å²) in [6, 6.07) is 5.29. The summed E-state index contributed by atoms with van der Waals surface area (Å²) in [4.78, 5) is 14.0. The Labute approximate surface area is 142 Å². The van der Waals surface area contributed by atoms with Gasteiger partial charge in [0.1, 0.15) is 0 Å². The number of nitrogens with zero attached hydrogens (tertiary/aromatic N) is 2. The van der Waals surface area contributed by atoms with Crippen LogP contribution in [0.5, 0.6) is 0 Å². The number of amides is 2. The van der Waals surface area contributed by atoms with Gasteiger partial charge in [0.15, 0.2) is 0 Å². The van der Waals surface area contributed by atoms with Gasteiger partial charge in [-0.2, -0.15) is 0 Å². The summed E-state index contributed by atoms with van der Waals surface area (Å²) in [5.41, 5.74) is 2.38. The first-order valence-electron chi connectivity index (χ1n) is 8.28. The molecule has 0 atom stereocenters. The Morgan fingerprint density at radius 1 is 1.25 bits per heavy atom. The highest BCUT2D eigenvalue weighted by atomic mass is 32.2. The summed E-state index contributed by atoms with van der Waals surface area (Å²) in [5, 5.41) is 2.89. The summed E-state index contributed by atoms with van der Waals surface area (Å²) in [5.74, 6) is 0.0853. The highest BCUT2D eigenvalue weighted by Crippen LogP contribution is 2.31. The molecule has 8 heteroatoms. The van der Waals surface area contributed by atoms with Gasteiger partial charge in [-0.3, -0.25) is 4.31 Å². The standard InChI is InChI=1S/C16H23N3O4S/c1-2-24(21,22)19-7-3-4-13-12-14(5-6-15(13)19)17-16(20)18-8-10-23-11-9-18/h5-6,12H,2-4,7-11H2,1H3,(H,17,20). The smallest absolute Gasteiger partial charge is 0.321 e. The van der Waals surface area contributed by atoms with Crippen molar-refractivity contribution in [1.29, 1.82) is 0 Å². The van der Waals surface area contributed by atoms with E-state index in [-0.39, 0.29) is 11.8 Å². The molecule has 0 aromatic heterocycles. The molecule has 1 aromatic rings. The Kier molecular flexibility index (Phi) is 4.96. The van der Waals surface area contributed by atoms with Gasteiger partial charge >= 0.3 is 6.03 Å². The van der Waals surface area contributed by atoms with Crippen LogP contribution < -0.4 is 9.62 Å². The van der Waals surface area contributed by atoms with Gasteiger partial charge in [-0.15, -0.1) is 0 Å². The van der Waals surface area contributed by atoms with E-state index in [0.29, 0.717) is 38.5 Å². The number of urea groups is 1. The molecule has 1 fully saturated rings. The second-order valence-electron chi connectivity index (χ2n) is 5.95. The molecule has 0 unspecified atom stereocenters. The molecule has 132 valence electrons. The van der Waals surface area contributed by atoms with Crippen LogP contribution in [-0.2, 0) is 21.2 Å². The van der Waals surface area contributed by atoms with E-state index in [1.54, 1.807) is 24.0 Å². The highest BCUT2D eigenvalue weighted by Gasteiger charge is 2.26. The molecule has 1 aromatic carbocycles. The van der Waals surface area contributed by atoms with E-state index >= 15 is 0 Å². The zero-order valence-electron chi connectivity index (χ0n) is 13.8. The van der Waals surface area contributed by atoms with Crippen LogP contribution >= 0.6 is 0 Å². The number of carbonyl (C=O) groups is 1. The second-order valence-corrected chi connectivity index (χ2v) is 8.13.